The predicted molar refractivity (Wildman–Crippen MR) is 59.8 cm³/mol. The molecule has 2 rings (SSSR count). The van der Waals surface area contributed by atoms with Gasteiger partial charge in [0, 0.05) is 6.42 Å². The first-order chi connectivity index (χ1) is 7.26. The second-order valence-electron chi connectivity index (χ2n) is 3.16. The number of aryl methyl sites for hydroxylation is 1. The SMILES string of the molecule is CCc1nc2ccc(Br)nn2c1CC=O. The minimum Gasteiger partial charge on any atom is -0.303 e. The van der Waals surface area contributed by atoms with E-state index in [1.807, 2.05) is 19.1 Å². The fraction of sp³-hybridized carbons (Fsp3) is 0.300. The third-order valence-electron chi connectivity index (χ3n) is 2.23. The Hall–Kier alpha value is -1.23. The normalized spacial score (nSPS) is 10.8. The molecule has 0 saturated carbocycles. The molecule has 0 unspecified atom stereocenters. The van der Waals surface area contributed by atoms with Crippen LogP contribution in [0, 0.1) is 0 Å². The van der Waals surface area contributed by atoms with Gasteiger partial charge in [0.15, 0.2) is 5.65 Å². The lowest BCUT2D eigenvalue weighted by Crippen LogP contribution is -2.00. The molecule has 5 heteroatoms. The summed E-state index contributed by atoms with van der Waals surface area (Å²) in [6.07, 6.45) is 2.04. The van der Waals surface area contributed by atoms with E-state index in [9.17, 15) is 4.79 Å². The topological polar surface area (TPSA) is 47.3 Å². The number of aromatic nitrogens is 3. The van der Waals surface area contributed by atoms with Gasteiger partial charge in [0.1, 0.15) is 10.9 Å². The summed E-state index contributed by atoms with van der Waals surface area (Å²) >= 11 is 3.30. The number of hydrogen-bond acceptors (Lipinski definition) is 3. The van der Waals surface area contributed by atoms with Crippen molar-refractivity contribution in [3.05, 3.63) is 28.1 Å². The third-order valence-corrected chi connectivity index (χ3v) is 2.66. The minimum atomic E-state index is 0.355. The molecular formula is C10H10BrN3O. The molecule has 2 aromatic rings. The molecule has 2 aromatic heterocycles. The summed E-state index contributed by atoms with van der Waals surface area (Å²) in [5, 5.41) is 4.27. The summed E-state index contributed by atoms with van der Waals surface area (Å²) < 4.78 is 2.46. The fourth-order valence-corrected chi connectivity index (χ4v) is 1.86. The molecule has 0 atom stereocenters. The van der Waals surface area contributed by atoms with Gasteiger partial charge in [0.25, 0.3) is 0 Å². The zero-order chi connectivity index (χ0) is 10.8. The summed E-state index contributed by atoms with van der Waals surface area (Å²) in [4.78, 5) is 15.0. The molecule has 0 N–H and O–H groups in total. The maximum absolute atomic E-state index is 10.6. The Labute approximate surface area is 95.4 Å². The Balaban J connectivity index is 2.70. The predicted octanol–water partition coefficient (Wildman–Crippen LogP) is 1.80. The van der Waals surface area contributed by atoms with E-state index in [4.69, 9.17) is 0 Å². The van der Waals surface area contributed by atoms with E-state index < -0.39 is 0 Å². The lowest BCUT2D eigenvalue weighted by Gasteiger charge is -1.98. The molecule has 0 aliphatic heterocycles. The number of halogens is 1. The number of carbonyl (C=O) groups excluding carboxylic acids is 1. The van der Waals surface area contributed by atoms with Crippen molar-refractivity contribution in [2.75, 3.05) is 0 Å². The first kappa shape index (κ1) is 10.3. The molecule has 0 saturated heterocycles. The maximum atomic E-state index is 10.6. The fourth-order valence-electron chi connectivity index (χ4n) is 1.57. The van der Waals surface area contributed by atoms with Crippen molar-refractivity contribution in [3.63, 3.8) is 0 Å². The Bertz CT molecular complexity index is 507. The molecule has 0 amide bonds. The molecule has 0 aliphatic carbocycles. The van der Waals surface area contributed by atoms with E-state index in [2.05, 4.69) is 26.0 Å². The number of hydrogen-bond donors (Lipinski definition) is 0. The number of carbonyl (C=O) groups is 1. The van der Waals surface area contributed by atoms with E-state index in [1.165, 1.54) is 0 Å². The number of rotatable bonds is 3. The Morgan fingerprint density at radius 3 is 3.00 bits per heavy atom. The molecular weight excluding hydrogens is 258 g/mol. The van der Waals surface area contributed by atoms with Crippen LogP contribution in [0.25, 0.3) is 5.65 Å². The van der Waals surface area contributed by atoms with Crippen LogP contribution in [-0.2, 0) is 17.6 Å². The molecule has 0 bridgehead atoms. The molecule has 4 nitrogen and oxygen atoms in total. The summed E-state index contributed by atoms with van der Waals surface area (Å²) in [6.45, 7) is 2.02. The maximum Gasteiger partial charge on any atom is 0.154 e. The lowest BCUT2D eigenvalue weighted by molar-refractivity contribution is -0.107. The van der Waals surface area contributed by atoms with Crippen LogP contribution in [0.4, 0.5) is 0 Å². The van der Waals surface area contributed by atoms with Crippen LogP contribution >= 0.6 is 15.9 Å². The van der Waals surface area contributed by atoms with E-state index in [1.54, 1.807) is 4.52 Å². The van der Waals surface area contributed by atoms with Gasteiger partial charge >= 0.3 is 0 Å². The molecule has 78 valence electrons. The van der Waals surface area contributed by atoms with Crippen LogP contribution < -0.4 is 0 Å². The molecule has 2 heterocycles. The Morgan fingerprint density at radius 2 is 2.33 bits per heavy atom. The standard InChI is InChI=1S/C10H10BrN3O/c1-2-7-8(5-6-15)14-10(12-7)4-3-9(11)13-14/h3-4,6H,2,5H2,1H3. The highest BCUT2D eigenvalue weighted by molar-refractivity contribution is 9.10. The monoisotopic (exact) mass is 267 g/mol. The van der Waals surface area contributed by atoms with Crippen molar-refractivity contribution >= 4 is 27.9 Å². The summed E-state index contributed by atoms with van der Waals surface area (Å²) in [6, 6.07) is 3.72. The van der Waals surface area contributed by atoms with Crippen LogP contribution in [0.1, 0.15) is 18.3 Å². The zero-order valence-corrected chi connectivity index (χ0v) is 9.86. The van der Waals surface area contributed by atoms with Crippen molar-refractivity contribution in [2.45, 2.75) is 19.8 Å². The van der Waals surface area contributed by atoms with E-state index in [0.29, 0.717) is 6.42 Å². The van der Waals surface area contributed by atoms with Crippen molar-refractivity contribution in [1.82, 2.24) is 14.6 Å². The number of imidazole rings is 1. The van der Waals surface area contributed by atoms with Gasteiger partial charge in [-0.2, -0.15) is 5.10 Å². The summed E-state index contributed by atoms with van der Waals surface area (Å²) in [5.74, 6) is 0. The minimum absolute atomic E-state index is 0.355. The lowest BCUT2D eigenvalue weighted by atomic mass is 10.2. The largest absolute Gasteiger partial charge is 0.303 e. The van der Waals surface area contributed by atoms with Gasteiger partial charge in [0.05, 0.1) is 11.4 Å². The summed E-state index contributed by atoms with van der Waals surface area (Å²) in [7, 11) is 0. The number of fused-ring (bicyclic) bond motifs is 1. The highest BCUT2D eigenvalue weighted by atomic mass is 79.9. The molecule has 0 radical (unpaired) electrons. The molecule has 0 fully saturated rings. The second-order valence-corrected chi connectivity index (χ2v) is 3.97. The van der Waals surface area contributed by atoms with Gasteiger partial charge in [0.2, 0.25) is 0 Å². The highest BCUT2D eigenvalue weighted by Crippen LogP contribution is 2.14. The second kappa shape index (κ2) is 4.10. The molecule has 15 heavy (non-hydrogen) atoms. The molecule has 0 aromatic carbocycles. The first-order valence-corrected chi connectivity index (χ1v) is 5.52. The van der Waals surface area contributed by atoms with E-state index in [-0.39, 0.29) is 0 Å². The number of aldehydes is 1. The van der Waals surface area contributed by atoms with Crippen LogP contribution in [0.3, 0.4) is 0 Å². The Kier molecular flexibility index (Phi) is 2.81. The Morgan fingerprint density at radius 1 is 1.53 bits per heavy atom. The quantitative estimate of drug-likeness (QED) is 0.797. The van der Waals surface area contributed by atoms with Gasteiger partial charge in [-0.3, -0.25) is 0 Å². The van der Waals surface area contributed by atoms with Crippen LogP contribution in [0.15, 0.2) is 16.7 Å². The van der Waals surface area contributed by atoms with Crippen molar-refractivity contribution < 1.29 is 4.79 Å². The summed E-state index contributed by atoms with van der Waals surface area (Å²) in [5.41, 5.74) is 2.60. The van der Waals surface area contributed by atoms with Crippen molar-refractivity contribution in [1.29, 1.82) is 0 Å². The van der Waals surface area contributed by atoms with Crippen LogP contribution in [0.5, 0.6) is 0 Å². The van der Waals surface area contributed by atoms with Crippen LogP contribution in [0.2, 0.25) is 0 Å². The average Bonchev–Trinajstić information content (AvgIpc) is 2.57. The zero-order valence-electron chi connectivity index (χ0n) is 8.27. The van der Waals surface area contributed by atoms with Crippen molar-refractivity contribution in [2.24, 2.45) is 0 Å². The number of nitrogens with zero attached hydrogens (tertiary/aromatic N) is 3. The highest BCUT2D eigenvalue weighted by Gasteiger charge is 2.11. The van der Waals surface area contributed by atoms with Gasteiger partial charge in [-0.05, 0) is 34.5 Å². The van der Waals surface area contributed by atoms with Gasteiger partial charge in [-0.1, -0.05) is 6.92 Å². The van der Waals surface area contributed by atoms with Crippen molar-refractivity contribution in [3.8, 4) is 0 Å². The van der Waals surface area contributed by atoms with E-state index in [0.717, 1.165) is 34.3 Å². The van der Waals surface area contributed by atoms with Gasteiger partial charge in [-0.15, -0.1) is 0 Å². The smallest absolute Gasteiger partial charge is 0.154 e. The van der Waals surface area contributed by atoms with E-state index >= 15 is 0 Å². The average molecular weight is 268 g/mol. The van der Waals surface area contributed by atoms with Gasteiger partial charge in [-0.25, -0.2) is 9.50 Å². The van der Waals surface area contributed by atoms with Gasteiger partial charge < -0.3 is 4.79 Å². The molecule has 0 spiro atoms. The first-order valence-electron chi connectivity index (χ1n) is 4.73. The molecule has 0 aliphatic rings. The third kappa shape index (κ3) is 1.79. The van der Waals surface area contributed by atoms with Crippen LogP contribution in [-0.4, -0.2) is 20.9 Å².